The molecule has 112 valence electrons. The lowest BCUT2D eigenvalue weighted by Gasteiger charge is -2.25. The topological polar surface area (TPSA) is 29.3 Å². The van der Waals surface area contributed by atoms with Crippen molar-refractivity contribution in [3.8, 4) is 0 Å². The van der Waals surface area contributed by atoms with Gasteiger partial charge >= 0.3 is 0 Å². The van der Waals surface area contributed by atoms with Gasteiger partial charge in [0.1, 0.15) is 17.5 Å². The van der Waals surface area contributed by atoms with E-state index in [1.165, 1.54) is 18.2 Å². The number of anilines is 1. The Kier molecular flexibility index (Phi) is 5.22. The van der Waals surface area contributed by atoms with E-state index in [2.05, 4.69) is 0 Å². The van der Waals surface area contributed by atoms with Crippen LogP contribution in [0.3, 0.4) is 0 Å². The van der Waals surface area contributed by atoms with Gasteiger partial charge in [-0.25, -0.2) is 13.2 Å². The Labute approximate surface area is 122 Å². The van der Waals surface area contributed by atoms with Crippen molar-refractivity contribution in [2.24, 2.45) is 5.73 Å². The molecule has 0 aliphatic heterocycles. The largest absolute Gasteiger partial charge is 0.367 e. The van der Waals surface area contributed by atoms with Crippen molar-refractivity contribution in [3.63, 3.8) is 0 Å². The first kappa shape index (κ1) is 15.4. The van der Waals surface area contributed by atoms with Crippen LogP contribution in [0.1, 0.15) is 12.0 Å². The van der Waals surface area contributed by atoms with Crippen molar-refractivity contribution in [2.45, 2.75) is 13.0 Å². The fourth-order valence-electron chi connectivity index (χ4n) is 2.10. The summed E-state index contributed by atoms with van der Waals surface area (Å²) in [6.45, 7) is 1.27. The van der Waals surface area contributed by atoms with Crippen LogP contribution in [0.2, 0.25) is 0 Å². The van der Waals surface area contributed by atoms with Crippen LogP contribution in [-0.4, -0.2) is 13.1 Å². The minimum Gasteiger partial charge on any atom is -0.367 e. The van der Waals surface area contributed by atoms with Crippen LogP contribution in [-0.2, 0) is 6.54 Å². The summed E-state index contributed by atoms with van der Waals surface area (Å²) < 4.78 is 40.0. The first-order valence-electron chi connectivity index (χ1n) is 6.74. The first-order chi connectivity index (χ1) is 10.1. The Morgan fingerprint density at radius 1 is 0.905 bits per heavy atom. The average molecular weight is 294 g/mol. The maximum Gasteiger partial charge on any atom is 0.128 e. The van der Waals surface area contributed by atoms with Crippen molar-refractivity contribution < 1.29 is 13.2 Å². The predicted octanol–water partition coefficient (Wildman–Crippen LogP) is 3.46. The molecule has 0 bridgehead atoms. The van der Waals surface area contributed by atoms with E-state index in [0.29, 0.717) is 19.5 Å². The fraction of sp³-hybridized carbons (Fsp3) is 0.250. The van der Waals surface area contributed by atoms with Crippen molar-refractivity contribution in [1.29, 1.82) is 0 Å². The third-order valence-corrected chi connectivity index (χ3v) is 3.19. The van der Waals surface area contributed by atoms with Crippen LogP contribution >= 0.6 is 0 Å². The predicted molar refractivity (Wildman–Crippen MR) is 77.5 cm³/mol. The fourth-order valence-corrected chi connectivity index (χ4v) is 2.10. The van der Waals surface area contributed by atoms with Gasteiger partial charge in [-0.3, -0.25) is 0 Å². The van der Waals surface area contributed by atoms with Gasteiger partial charge in [-0.2, -0.15) is 0 Å². The maximum absolute atomic E-state index is 13.8. The molecule has 2 aromatic rings. The zero-order valence-electron chi connectivity index (χ0n) is 11.5. The minimum absolute atomic E-state index is 0.204. The summed E-state index contributed by atoms with van der Waals surface area (Å²) in [7, 11) is 0. The maximum atomic E-state index is 13.8. The first-order valence-corrected chi connectivity index (χ1v) is 6.74. The Morgan fingerprint density at radius 2 is 1.57 bits per heavy atom. The van der Waals surface area contributed by atoms with Gasteiger partial charge in [0.15, 0.2) is 0 Å². The zero-order valence-corrected chi connectivity index (χ0v) is 11.5. The summed E-state index contributed by atoms with van der Waals surface area (Å²) in [4.78, 5) is 1.85. The number of halogens is 3. The van der Waals surface area contributed by atoms with Gasteiger partial charge in [-0.15, -0.1) is 0 Å². The number of nitrogens with two attached hydrogens (primary N) is 1. The average Bonchev–Trinajstić information content (AvgIpc) is 2.48. The monoisotopic (exact) mass is 294 g/mol. The van der Waals surface area contributed by atoms with Gasteiger partial charge in [-0.05, 0) is 55.4 Å². The third kappa shape index (κ3) is 4.23. The molecule has 0 atom stereocenters. The summed E-state index contributed by atoms with van der Waals surface area (Å²) in [6, 6.07) is 9.28. The second-order valence-electron chi connectivity index (χ2n) is 4.78. The summed E-state index contributed by atoms with van der Waals surface area (Å²) in [5, 5.41) is 0. The molecule has 5 heteroatoms. The smallest absolute Gasteiger partial charge is 0.128 e. The van der Waals surface area contributed by atoms with Crippen LogP contribution in [0, 0.1) is 17.5 Å². The van der Waals surface area contributed by atoms with Crippen molar-refractivity contribution in [1.82, 2.24) is 0 Å². The lowest BCUT2D eigenvalue weighted by Crippen LogP contribution is -2.26. The molecule has 2 rings (SSSR count). The van der Waals surface area contributed by atoms with Gasteiger partial charge in [0.2, 0.25) is 0 Å². The standard InChI is InChI=1S/C16H17F3N2/c17-13-2-5-15(6-3-13)21(9-1-8-20)11-12-10-14(18)4-7-16(12)19/h2-7,10H,1,8-9,11,20H2. The van der Waals surface area contributed by atoms with Crippen molar-refractivity contribution >= 4 is 5.69 Å². The normalized spacial score (nSPS) is 10.7. The van der Waals surface area contributed by atoms with E-state index >= 15 is 0 Å². The number of rotatable bonds is 6. The van der Waals surface area contributed by atoms with Crippen LogP contribution in [0.5, 0.6) is 0 Å². The Bertz CT molecular complexity index is 585. The second kappa shape index (κ2) is 7.13. The number of hydrogen-bond donors (Lipinski definition) is 1. The van der Waals surface area contributed by atoms with Crippen LogP contribution in [0.25, 0.3) is 0 Å². The summed E-state index contributed by atoms with van der Waals surface area (Å²) in [6.07, 6.45) is 0.703. The van der Waals surface area contributed by atoms with E-state index in [1.54, 1.807) is 12.1 Å². The highest BCUT2D eigenvalue weighted by atomic mass is 19.1. The summed E-state index contributed by atoms with van der Waals surface area (Å²) in [5.41, 5.74) is 6.51. The summed E-state index contributed by atoms with van der Waals surface area (Å²) >= 11 is 0. The molecule has 2 nitrogen and oxygen atoms in total. The van der Waals surface area contributed by atoms with Crippen molar-refractivity contribution in [3.05, 3.63) is 65.5 Å². The quantitative estimate of drug-likeness (QED) is 0.884. The molecule has 0 unspecified atom stereocenters. The molecule has 21 heavy (non-hydrogen) atoms. The Morgan fingerprint density at radius 3 is 2.24 bits per heavy atom. The molecule has 0 spiro atoms. The van der Waals surface area contributed by atoms with Crippen LogP contribution in [0.4, 0.5) is 18.9 Å². The molecule has 2 N–H and O–H groups in total. The van der Waals surface area contributed by atoms with Crippen LogP contribution < -0.4 is 10.6 Å². The molecule has 0 radical (unpaired) electrons. The van der Waals surface area contributed by atoms with E-state index in [1.807, 2.05) is 4.90 Å². The molecule has 0 amide bonds. The van der Waals surface area contributed by atoms with E-state index in [4.69, 9.17) is 5.73 Å². The highest BCUT2D eigenvalue weighted by Gasteiger charge is 2.11. The summed E-state index contributed by atoms with van der Waals surface area (Å²) in [5.74, 6) is -1.28. The molecular weight excluding hydrogens is 277 g/mol. The number of benzene rings is 2. The molecule has 0 saturated heterocycles. The Hall–Kier alpha value is -2.01. The molecule has 0 fully saturated rings. The van der Waals surface area contributed by atoms with Gasteiger partial charge < -0.3 is 10.6 Å². The highest BCUT2D eigenvalue weighted by Crippen LogP contribution is 2.20. The molecule has 0 heterocycles. The van der Waals surface area contributed by atoms with Gasteiger partial charge in [0.05, 0.1) is 0 Å². The molecular formula is C16H17F3N2. The highest BCUT2D eigenvalue weighted by molar-refractivity contribution is 5.47. The van der Waals surface area contributed by atoms with Crippen molar-refractivity contribution in [2.75, 3.05) is 18.0 Å². The number of nitrogens with zero attached hydrogens (tertiary/aromatic N) is 1. The SMILES string of the molecule is NCCCN(Cc1cc(F)ccc1F)c1ccc(F)cc1. The lowest BCUT2D eigenvalue weighted by atomic mass is 10.1. The third-order valence-electron chi connectivity index (χ3n) is 3.19. The number of hydrogen-bond acceptors (Lipinski definition) is 2. The zero-order chi connectivity index (χ0) is 15.2. The minimum atomic E-state index is -0.482. The van der Waals surface area contributed by atoms with Gasteiger partial charge in [0.25, 0.3) is 0 Å². The molecule has 0 saturated carbocycles. The molecule has 2 aromatic carbocycles. The van der Waals surface area contributed by atoms with E-state index in [-0.39, 0.29) is 17.9 Å². The van der Waals surface area contributed by atoms with E-state index in [9.17, 15) is 13.2 Å². The van der Waals surface area contributed by atoms with E-state index in [0.717, 1.165) is 17.8 Å². The Balaban J connectivity index is 2.23. The van der Waals surface area contributed by atoms with Gasteiger partial charge in [-0.1, -0.05) is 0 Å². The molecule has 0 aliphatic rings. The van der Waals surface area contributed by atoms with Crippen LogP contribution in [0.15, 0.2) is 42.5 Å². The molecule has 0 aliphatic carbocycles. The van der Waals surface area contributed by atoms with Gasteiger partial charge in [0, 0.05) is 24.3 Å². The lowest BCUT2D eigenvalue weighted by molar-refractivity contribution is 0.579. The van der Waals surface area contributed by atoms with E-state index < -0.39 is 11.6 Å². The molecule has 0 aromatic heterocycles. The second-order valence-corrected chi connectivity index (χ2v) is 4.78.